The van der Waals surface area contributed by atoms with Crippen molar-refractivity contribution in [3.63, 3.8) is 0 Å². The topological polar surface area (TPSA) is 92.9 Å². The highest BCUT2D eigenvalue weighted by Crippen LogP contribution is 2.30. The lowest BCUT2D eigenvalue weighted by atomic mass is 10.1. The molecule has 0 saturated carbocycles. The normalized spacial score (nSPS) is 12.2. The lowest BCUT2D eigenvalue weighted by molar-refractivity contribution is 0.629. The van der Waals surface area contributed by atoms with Crippen LogP contribution in [0.25, 0.3) is 10.9 Å². The number of benzene rings is 1. The Hall–Kier alpha value is -3.03. The Morgan fingerprint density at radius 3 is 2.52 bits per heavy atom. The largest absolute Gasteiger partial charge is 0.368 e. The van der Waals surface area contributed by atoms with Crippen molar-refractivity contribution in [2.75, 3.05) is 29.0 Å². The summed E-state index contributed by atoms with van der Waals surface area (Å²) in [7, 11) is 0. The molecule has 27 heavy (non-hydrogen) atoms. The third kappa shape index (κ3) is 4.05. The van der Waals surface area contributed by atoms with E-state index in [0.29, 0.717) is 17.3 Å². The van der Waals surface area contributed by atoms with Crippen LogP contribution in [0.15, 0.2) is 24.3 Å². The molecule has 8 heteroatoms. The minimum atomic E-state index is -0.296. The van der Waals surface area contributed by atoms with Gasteiger partial charge in [0, 0.05) is 30.1 Å². The summed E-state index contributed by atoms with van der Waals surface area (Å²) in [5.41, 5.74) is 7.34. The van der Waals surface area contributed by atoms with E-state index in [4.69, 9.17) is 10.7 Å². The second kappa shape index (κ2) is 7.69. The van der Waals surface area contributed by atoms with E-state index in [1.54, 1.807) is 13.0 Å². The third-order valence-electron chi connectivity index (χ3n) is 4.43. The molecule has 0 spiro atoms. The van der Waals surface area contributed by atoms with Crippen LogP contribution in [0.5, 0.6) is 0 Å². The van der Waals surface area contributed by atoms with Gasteiger partial charge in [-0.15, -0.1) is 0 Å². The van der Waals surface area contributed by atoms with E-state index < -0.39 is 0 Å². The van der Waals surface area contributed by atoms with Gasteiger partial charge in [-0.1, -0.05) is 0 Å². The Labute approximate surface area is 157 Å². The zero-order valence-corrected chi connectivity index (χ0v) is 16.0. The van der Waals surface area contributed by atoms with Crippen LogP contribution >= 0.6 is 0 Å². The van der Waals surface area contributed by atoms with E-state index in [-0.39, 0.29) is 17.8 Å². The molecule has 0 aliphatic rings. The van der Waals surface area contributed by atoms with Crippen molar-refractivity contribution in [2.24, 2.45) is 0 Å². The van der Waals surface area contributed by atoms with Gasteiger partial charge in [0.15, 0.2) is 0 Å². The van der Waals surface area contributed by atoms with Crippen molar-refractivity contribution < 1.29 is 4.39 Å². The molecule has 7 nitrogen and oxygen atoms in total. The third-order valence-corrected chi connectivity index (χ3v) is 4.43. The molecule has 2 aromatic heterocycles. The van der Waals surface area contributed by atoms with Crippen LogP contribution < -0.4 is 16.0 Å². The summed E-state index contributed by atoms with van der Waals surface area (Å²) in [5, 5.41) is 4.15. The van der Waals surface area contributed by atoms with Crippen molar-refractivity contribution in [1.29, 1.82) is 0 Å². The van der Waals surface area contributed by atoms with Gasteiger partial charge in [-0.05, 0) is 45.9 Å². The number of halogens is 1. The van der Waals surface area contributed by atoms with Gasteiger partial charge in [-0.25, -0.2) is 9.37 Å². The highest BCUT2D eigenvalue weighted by atomic mass is 19.1. The smallest absolute Gasteiger partial charge is 0.228 e. The number of nitrogens with two attached hydrogens (primary N) is 1. The van der Waals surface area contributed by atoms with Gasteiger partial charge in [-0.3, -0.25) is 0 Å². The molecule has 0 fully saturated rings. The first kappa shape index (κ1) is 18.8. The Bertz CT molecular complexity index is 936. The van der Waals surface area contributed by atoms with Gasteiger partial charge < -0.3 is 16.0 Å². The lowest BCUT2D eigenvalue weighted by Crippen LogP contribution is -2.26. The fourth-order valence-corrected chi connectivity index (χ4v) is 3.08. The molecule has 0 amide bonds. The van der Waals surface area contributed by atoms with Crippen LogP contribution in [-0.2, 0) is 0 Å². The minimum Gasteiger partial charge on any atom is -0.368 e. The number of nitrogens with zero attached hydrogens (tertiary/aromatic N) is 5. The zero-order valence-electron chi connectivity index (χ0n) is 16.0. The number of fused-ring (bicyclic) bond motifs is 1. The van der Waals surface area contributed by atoms with E-state index >= 15 is 0 Å². The van der Waals surface area contributed by atoms with E-state index in [1.165, 1.54) is 12.1 Å². The van der Waals surface area contributed by atoms with Crippen LogP contribution in [0.2, 0.25) is 0 Å². The Kier molecular flexibility index (Phi) is 5.34. The molecule has 3 N–H and O–H groups in total. The van der Waals surface area contributed by atoms with Gasteiger partial charge in [0.05, 0.1) is 11.6 Å². The Morgan fingerprint density at radius 1 is 1.11 bits per heavy atom. The van der Waals surface area contributed by atoms with E-state index in [1.807, 2.05) is 13.0 Å². The van der Waals surface area contributed by atoms with Crippen molar-refractivity contribution in [1.82, 2.24) is 19.9 Å². The maximum absolute atomic E-state index is 13.7. The molecule has 0 aliphatic heterocycles. The summed E-state index contributed by atoms with van der Waals surface area (Å²) in [6.45, 7) is 9.50. The van der Waals surface area contributed by atoms with Crippen LogP contribution in [-0.4, -0.2) is 33.0 Å². The number of rotatable bonds is 6. The predicted molar refractivity (Wildman–Crippen MR) is 106 cm³/mol. The molecular weight excluding hydrogens is 345 g/mol. The Balaban J connectivity index is 2.06. The number of hydrogen-bond donors (Lipinski definition) is 2. The second-order valence-electron chi connectivity index (χ2n) is 6.34. The molecule has 2 heterocycles. The van der Waals surface area contributed by atoms with Crippen molar-refractivity contribution in [2.45, 2.75) is 33.7 Å². The molecule has 1 atom stereocenters. The average Bonchev–Trinajstić information content (AvgIpc) is 2.61. The number of aromatic nitrogens is 4. The highest BCUT2D eigenvalue weighted by Gasteiger charge is 2.18. The van der Waals surface area contributed by atoms with Gasteiger partial charge in [0.2, 0.25) is 11.9 Å². The van der Waals surface area contributed by atoms with Gasteiger partial charge in [0.25, 0.3) is 0 Å². The zero-order chi connectivity index (χ0) is 19.6. The number of nitrogen functional groups attached to an aromatic ring is 1. The molecule has 3 aromatic rings. The summed E-state index contributed by atoms with van der Waals surface area (Å²) >= 11 is 0. The first-order valence-corrected chi connectivity index (χ1v) is 9.01. The number of aryl methyl sites for hydroxylation is 1. The molecule has 0 bridgehead atoms. The number of nitrogens with one attached hydrogen (secondary N) is 1. The SMILES string of the molecule is CCN(CC)c1nc2cc(F)ccc2cc1C(C)Nc1nc(C)nc(N)n1. The summed E-state index contributed by atoms with van der Waals surface area (Å²) in [5.74, 6) is 1.66. The first-order chi connectivity index (χ1) is 12.9. The fraction of sp³-hybridized carbons (Fsp3) is 0.368. The Morgan fingerprint density at radius 2 is 1.85 bits per heavy atom. The molecule has 0 radical (unpaired) electrons. The van der Waals surface area contributed by atoms with Gasteiger partial charge in [0.1, 0.15) is 17.5 Å². The monoisotopic (exact) mass is 369 g/mol. The standard InChI is InChI=1S/C19H24FN7/c1-5-27(6-2)17-15(9-13-7-8-14(20)10-16(13)25-17)11(3)22-19-24-12(4)23-18(21)26-19/h7-11H,5-6H2,1-4H3,(H3,21,22,23,24,26). The average molecular weight is 369 g/mol. The molecule has 0 aliphatic carbocycles. The fourth-order valence-electron chi connectivity index (χ4n) is 3.08. The van der Waals surface area contributed by atoms with Gasteiger partial charge >= 0.3 is 0 Å². The van der Waals surface area contributed by atoms with Crippen LogP contribution in [0.1, 0.15) is 38.2 Å². The van der Waals surface area contributed by atoms with E-state index in [0.717, 1.165) is 29.9 Å². The molecule has 3 rings (SSSR count). The van der Waals surface area contributed by atoms with E-state index in [2.05, 4.69) is 39.0 Å². The molecular formula is C19H24FN7. The predicted octanol–water partition coefficient (Wildman–Crippen LogP) is 3.47. The van der Waals surface area contributed by atoms with Crippen molar-refractivity contribution in [3.05, 3.63) is 41.5 Å². The minimum absolute atomic E-state index is 0.135. The lowest BCUT2D eigenvalue weighted by Gasteiger charge is -2.26. The van der Waals surface area contributed by atoms with Crippen molar-refractivity contribution in [3.8, 4) is 0 Å². The van der Waals surface area contributed by atoms with Crippen LogP contribution in [0.3, 0.4) is 0 Å². The van der Waals surface area contributed by atoms with Gasteiger partial charge in [-0.2, -0.15) is 15.0 Å². The quantitative estimate of drug-likeness (QED) is 0.687. The summed E-state index contributed by atoms with van der Waals surface area (Å²) in [4.78, 5) is 19.3. The molecule has 142 valence electrons. The molecule has 1 aromatic carbocycles. The number of anilines is 3. The summed E-state index contributed by atoms with van der Waals surface area (Å²) in [6.07, 6.45) is 0. The van der Waals surface area contributed by atoms with Crippen LogP contribution in [0, 0.1) is 12.7 Å². The summed E-state index contributed by atoms with van der Waals surface area (Å²) < 4.78 is 13.7. The second-order valence-corrected chi connectivity index (χ2v) is 6.34. The van der Waals surface area contributed by atoms with E-state index in [9.17, 15) is 4.39 Å². The summed E-state index contributed by atoms with van der Waals surface area (Å²) in [6, 6.07) is 6.54. The number of pyridine rings is 1. The van der Waals surface area contributed by atoms with Crippen molar-refractivity contribution >= 4 is 28.6 Å². The molecule has 1 unspecified atom stereocenters. The highest BCUT2D eigenvalue weighted by molar-refractivity contribution is 5.82. The number of hydrogen-bond acceptors (Lipinski definition) is 7. The van der Waals surface area contributed by atoms with Crippen LogP contribution in [0.4, 0.5) is 22.1 Å². The maximum Gasteiger partial charge on any atom is 0.228 e. The molecule has 0 saturated heterocycles. The maximum atomic E-state index is 13.7. The first-order valence-electron chi connectivity index (χ1n) is 9.01.